The Hall–Kier alpha value is -1.56. The third kappa shape index (κ3) is 1.68. The minimum absolute atomic E-state index is 1.13. The number of hydrogen-bond donors (Lipinski definition) is 0. The molecule has 0 spiro atoms. The van der Waals surface area contributed by atoms with Crippen molar-refractivity contribution >= 4 is 16.3 Å². The van der Waals surface area contributed by atoms with E-state index in [1.54, 1.807) is 0 Å². The first-order valence-corrected chi connectivity index (χ1v) is 5.25. The summed E-state index contributed by atoms with van der Waals surface area (Å²) >= 11 is 0. The second-order valence-electron chi connectivity index (χ2n) is 4.26. The van der Waals surface area contributed by atoms with E-state index in [1.165, 1.54) is 27.5 Å². The minimum Gasteiger partial charge on any atom is -0.0955 e. The van der Waals surface area contributed by atoms with Gasteiger partial charge in [0.25, 0.3) is 0 Å². The second kappa shape index (κ2) is 3.54. The maximum Gasteiger partial charge on any atom is -0.0106 e. The molecule has 0 fully saturated rings. The first kappa shape index (κ1) is 9.97. The molecule has 0 nitrogen and oxygen atoms in total. The van der Waals surface area contributed by atoms with E-state index in [2.05, 4.69) is 57.7 Å². The molecule has 0 saturated carbocycles. The van der Waals surface area contributed by atoms with Crippen molar-refractivity contribution in [1.29, 1.82) is 0 Å². The smallest absolute Gasteiger partial charge is 0.0106 e. The first-order chi connectivity index (χ1) is 7.09. The van der Waals surface area contributed by atoms with Gasteiger partial charge in [0.2, 0.25) is 0 Å². The Morgan fingerprint density at radius 2 is 1.73 bits per heavy atom. The van der Waals surface area contributed by atoms with Crippen LogP contribution < -0.4 is 0 Å². The van der Waals surface area contributed by atoms with Crippen LogP contribution in [0.3, 0.4) is 0 Å². The molecule has 0 unspecified atom stereocenters. The Labute approximate surface area is 91.2 Å². The van der Waals surface area contributed by atoms with E-state index in [9.17, 15) is 0 Å². The summed E-state index contributed by atoms with van der Waals surface area (Å²) in [6.45, 7) is 10.4. The topological polar surface area (TPSA) is 0 Å². The molecule has 0 N–H and O–H groups in total. The molecular formula is C15H16. The van der Waals surface area contributed by atoms with Gasteiger partial charge in [0, 0.05) is 0 Å². The highest BCUT2D eigenvalue weighted by Crippen LogP contribution is 2.27. The number of benzene rings is 2. The van der Waals surface area contributed by atoms with Gasteiger partial charge in [-0.15, -0.1) is 0 Å². The molecular weight excluding hydrogens is 180 g/mol. The van der Waals surface area contributed by atoms with Crippen molar-refractivity contribution in [3.8, 4) is 0 Å². The van der Waals surface area contributed by atoms with Gasteiger partial charge in [-0.25, -0.2) is 0 Å². The Morgan fingerprint density at radius 1 is 1.00 bits per heavy atom. The maximum atomic E-state index is 4.03. The molecule has 0 aliphatic carbocycles. The van der Waals surface area contributed by atoms with Crippen molar-refractivity contribution < 1.29 is 0 Å². The molecule has 0 amide bonds. The van der Waals surface area contributed by atoms with Gasteiger partial charge in [-0.2, -0.15) is 0 Å². The molecule has 0 heteroatoms. The van der Waals surface area contributed by atoms with Gasteiger partial charge < -0.3 is 0 Å². The summed E-state index contributed by atoms with van der Waals surface area (Å²) in [4.78, 5) is 0. The van der Waals surface area contributed by atoms with E-state index in [-0.39, 0.29) is 0 Å². The fraction of sp³-hybridized carbons (Fsp3) is 0.200. The fourth-order valence-electron chi connectivity index (χ4n) is 1.98. The predicted molar refractivity (Wildman–Crippen MR) is 68.1 cm³/mol. The molecule has 76 valence electrons. The van der Waals surface area contributed by atoms with Crippen LogP contribution in [0.5, 0.6) is 0 Å². The largest absolute Gasteiger partial charge is 0.0955 e. The van der Waals surface area contributed by atoms with Crippen LogP contribution in [0, 0.1) is 13.8 Å². The highest BCUT2D eigenvalue weighted by atomic mass is 14.1. The summed E-state index contributed by atoms with van der Waals surface area (Å²) in [6, 6.07) is 10.9. The standard InChI is InChI=1S/C15H16/c1-10(2)13-8-6-12(4)15-9-11(3)5-7-14(13)15/h5-9H,1H2,2-4H3. The molecule has 2 aromatic carbocycles. The van der Waals surface area contributed by atoms with Crippen molar-refractivity contribution in [1.82, 2.24) is 0 Å². The lowest BCUT2D eigenvalue weighted by atomic mass is 9.96. The summed E-state index contributed by atoms with van der Waals surface area (Å²) in [6.07, 6.45) is 0. The second-order valence-corrected chi connectivity index (χ2v) is 4.26. The number of aryl methyl sites for hydroxylation is 2. The lowest BCUT2D eigenvalue weighted by Crippen LogP contribution is -1.86. The molecule has 2 rings (SSSR count). The zero-order chi connectivity index (χ0) is 11.0. The summed E-state index contributed by atoms with van der Waals surface area (Å²) < 4.78 is 0. The monoisotopic (exact) mass is 196 g/mol. The van der Waals surface area contributed by atoms with Crippen LogP contribution >= 0.6 is 0 Å². The van der Waals surface area contributed by atoms with Gasteiger partial charge in [-0.05, 0) is 42.7 Å². The van der Waals surface area contributed by atoms with Crippen molar-refractivity contribution in [2.24, 2.45) is 0 Å². The van der Waals surface area contributed by atoms with Crippen molar-refractivity contribution in [3.63, 3.8) is 0 Å². The highest BCUT2D eigenvalue weighted by molar-refractivity contribution is 5.95. The molecule has 0 bridgehead atoms. The maximum absolute atomic E-state index is 4.03. The molecule has 0 heterocycles. The van der Waals surface area contributed by atoms with Crippen LogP contribution in [0.4, 0.5) is 0 Å². The summed E-state index contributed by atoms with van der Waals surface area (Å²) in [5.41, 5.74) is 5.03. The quantitative estimate of drug-likeness (QED) is 0.630. The van der Waals surface area contributed by atoms with Crippen molar-refractivity contribution in [2.75, 3.05) is 0 Å². The van der Waals surface area contributed by atoms with Gasteiger partial charge in [0.05, 0.1) is 0 Å². The van der Waals surface area contributed by atoms with Crippen LogP contribution in [0.1, 0.15) is 23.6 Å². The minimum atomic E-state index is 1.13. The Bertz CT molecular complexity index is 533. The van der Waals surface area contributed by atoms with Crippen molar-refractivity contribution in [2.45, 2.75) is 20.8 Å². The molecule has 15 heavy (non-hydrogen) atoms. The molecule has 2 aromatic rings. The molecule has 0 radical (unpaired) electrons. The van der Waals surface area contributed by atoms with Gasteiger partial charge in [0.15, 0.2) is 0 Å². The lowest BCUT2D eigenvalue weighted by molar-refractivity contribution is 1.46. The lowest BCUT2D eigenvalue weighted by Gasteiger charge is -2.09. The normalized spacial score (nSPS) is 10.6. The number of hydrogen-bond acceptors (Lipinski definition) is 0. The predicted octanol–water partition coefficient (Wildman–Crippen LogP) is 4.49. The number of allylic oxidation sites excluding steroid dienone is 1. The Balaban J connectivity index is 2.88. The SMILES string of the molecule is C=C(C)c1ccc(C)c2cc(C)ccc12. The van der Waals surface area contributed by atoms with E-state index >= 15 is 0 Å². The van der Waals surface area contributed by atoms with E-state index in [4.69, 9.17) is 0 Å². The molecule has 0 saturated heterocycles. The van der Waals surface area contributed by atoms with Crippen LogP contribution in [-0.4, -0.2) is 0 Å². The highest BCUT2D eigenvalue weighted by Gasteiger charge is 2.03. The van der Waals surface area contributed by atoms with Gasteiger partial charge in [0.1, 0.15) is 0 Å². The average Bonchev–Trinajstić information content (AvgIpc) is 2.19. The van der Waals surface area contributed by atoms with Gasteiger partial charge in [-0.1, -0.05) is 48.0 Å². The third-order valence-electron chi connectivity index (χ3n) is 2.85. The molecule has 0 atom stereocenters. The van der Waals surface area contributed by atoms with Crippen molar-refractivity contribution in [3.05, 3.63) is 53.6 Å². The summed E-state index contributed by atoms with van der Waals surface area (Å²) in [7, 11) is 0. The zero-order valence-corrected chi connectivity index (χ0v) is 9.59. The van der Waals surface area contributed by atoms with E-state index in [1.807, 2.05) is 0 Å². The van der Waals surface area contributed by atoms with E-state index in [0.717, 1.165) is 5.57 Å². The van der Waals surface area contributed by atoms with Crippen LogP contribution in [0.2, 0.25) is 0 Å². The van der Waals surface area contributed by atoms with E-state index in [0.29, 0.717) is 0 Å². The Kier molecular flexibility index (Phi) is 2.36. The summed E-state index contributed by atoms with van der Waals surface area (Å²) in [5, 5.41) is 2.66. The third-order valence-corrected chi connectivity index (χ3v) is 2.85. The molecule has 0 aliphatic heterocycles. The molecule has 0 aromatic heterocycles. The molecule has 0 aliphatic rings. The van der Waals surface area contributed by atoms with Crippen LogP contribution in [0.15, 0.2) is 36.9 Å². The zero-order valence-electron chi connectivity index (χ0n) is 9.59. The Morgan fingerprint density at radius 3 is 2.40 bits per heavy atom. The number of fused-ring (bicyclic) bond motifs is 1. The average molecular weight is 196 g/mol. The van der Waals surface area contributed by atoms with Crippen LogP contribution in [0.25, 0.3) is 16.3 Å². The van der Waals surface area contributed by atoms with Gasteiger partial charge in [-0.3, -0.25) is 0 Å². The van der Waals surface area contributed by atoms with E-state index < -0.39 is 0 Å². The number of rotatable bonds is 1. The fourth-order valence-corrected chi connectivity index (χ4v) is 1.98. The summed E-state index contributed by atoms with van der Waals surface area (Å²) in [5.74, 6) is 0. The van der Waals surface area contributed by atoms with Gasteiger partial charge >= 0.3 is 0 Å². The first-order valence-electron chi connectivity index (χ1n) is 5.25. The van der Waals surface area contributed by atoms with Crippen LogP contribution in [-0.2, 0) is 0 Å².